The van der Waals surface area contributed by atoms with Crippen LogP contribution >= 0.6 is 0 Å². The number of rotatable bonds is 0. The van der Waals surface area contributed by atoms with Crippen LogP contribution in [0.4, 0.5) is 0 Å². The molecule has 12 heavy (non-hydrogen) atoms. The van der Waals surface area contributed by atoms with Crippen LogP contribution in [0.2, 0.25) is 0 Å². The van der Waals surface area contributed by atoms with Gasteiger partial charge in [0.05, 0.1) is 0 Å². The predicted molar refractivity (Wildman–Crippen MR) is 31.7 cm³/mol. The van der Waals surface area contributed by atoms with Crippen molar-refractivity contribution in [2.24, 2.45) is 0 Å². The largest absolute Gasteiger partial charge is 0.281 e. The van der Waals surface area contributed by atoms with Crippen molar-refractivity contribution in [1.29, 1.82) is 0 Å². The van der Waals surface area contributed by atoms with Crippen molar-refractivity contribution < 1.29 is 45.0 Å². The van der Waals surface area contributed by atoms with Crippen molar-refractivity contribution >= 4 is 33.9 Å². The van der Waals surface area contributed by atoms with E-state index >= 15 is 0 Å². The van der Waals surface area contributed by atoms with E-state index in [0.717, 1.165) is 0 Å². The fourth-order valence-electron chi connectivity index (χ4n) is 0. The fraction of sp³-hybridized carbons (Fsp3) is 0. The first kappa shape index (κ1) is 68.2. The summed E-state index contributed by atoms with van der Waals surface area (Å²) in [6, 6.07) is 0. The standard InChI is InChI=1S/5CO.C.W/c5*1-2;;. The number of hydrogen-bond donors (Lipinski definition) is 0. The van der Waals surface area contributed by atoms with Gasteiger partial charge in [-0.05, 0) is 0 Å². The Kier molecular flexibility index (Phi) is 5040. The first-order chi connectivity index (χ1) is 5.00. The molecule has 0 aromatic carbocycles. The molecular formula is C6O5W. The Hall–Kier alpha value is -0.962. The van der Waals surface area contributed by atoms with E-state index in [1.807, 2.05) is 0 Å². The summed E-state index contributed by atoms with van der Waals surface area (Å²) < 4.78 is 0. The fourth-order valence-corrected chi connectivity index (χ4v) is 0. The van der Waals surface area contributed by atoms with Crippen molar-refractivity contribution in [2.75, 3.05) is 0 Å². The van der Waals surface area contributed by atoms with E-state index in [1.54, 1.807) is 0 Å². The van der Waals surface area contributed by atoms with Gasteiger partial charge >= 0.3 is 0 Å². The molecule has 0 amide bonds. The summed E-state index contributed by atoms with van der Waals surface area (Å²) in [6.45, 7) is 22.5. The summed E-state index contributed by atoms with van der Waals surface area (Å²) >= 11 is 0. The van der Waals surface area contributed by atoms with E-state index < -0.39 is 0 Å². The van der Waals surface area contributed by atoms with E-state index in [0.29, 0.717) is 0 Å². The molecule has 0 N–H and O–H groups in total. The van der Waals surface area contributed by atoms with E-state index in [9.17, 15) is 0 Å². The van der Waals surface area contributed by atoms with Gasteiger partial charge in [0.25, 0.3) is 33.9 Å². The second kappa shape index (κ2) is 887. The molecule has 0 saturated heterocycles. The molecule has 0 aliphatic carbocycles. The molecule has 6 heteroatoms. The van der Waals surface area contributed by atoms with Crippen molar-refractivity contribution in [1.82, 2.24) is 0 Å². The average molecular weight is 336 g/mol. The van der Waals surface area contributed by atoms with Gasteiger partial charge in [-0.3, -0.25) is 24.0 Å². The van der Waals surface area contributed by atoms with Gasteiger partial charge in [-0.25, -0.2) is 0 Å². The van der Waals surface area contributed by atoms with E-state index in [-0.39, 0.29) is 28.5 Å². The van der Waals surface area contributed by atoms with Crippen molar-refractivity contribution in [3.05, 3.63) is 7.43 Å². The normalized spacial score (nSPS) is 1.67. The van der Waals surface area contributed by atoms with Crippen LogP contribution in [0.1, 0.15) is 0 Å². The summed E-state index contributed by atoms with van der Waals surface area (Å²) in [5.41, 5.74) is 0. The van der Waals surface area contributed by atoms with Gasteiger partial charge in [0.1, 0.15) is 0 Å². The first-order valence-corrected chi connectivity index (χ1v) is 1.02. The third-order valence-corrected chi connectivity index (χ3v) is 0. The minimum atomic E-state index is 0. The van der Waals surface area contributed by atoms with Crippen LogP contribution in [-0.2, 0) is 45.0 Å². The average Bonchev–Trinajstić information content (AvgIpc) is 2.20. The molecule has 0 spiro atoms. The van der Waals surface area contributed by atoms with Gasteiger partial charge in [-0.15, -0.1) is 0 Å². The minimum absolute atomic E-state index is 0. The summed E-state index contributed by atoms with van der Waals surface area (Å²) in [4.78, 5) is 37.5. The monoisotopic (exact) mass is 336 g/mol. The van der Waals surface area contributed by atoms with Crippen molar-refractivity contribution in [3.8, 4) is 0 Å². The Morgan fingerprint density at radius 1 is 0.417 bits per heavy atom. The Morgan fingerprint density at radius 2 is 0.417 bits per heavy atom. The van der Waals surface area contributed by atoms with Gasteiger partial charge in [0, 0.05) is 28.5 Å². The Balaban J connectivity index is -0.00000000500. The van der Waals surface area contributed by atoms with Gasteiger partial charge < -0.3 is 0 Å². The molecular weight excluding hydrogens is 336 g/mol. The molecule has 14 radical (unpaired) electrons. The van der Waals surface area contributed by atoms with E-state index in [2.05, 4.69) is 33.9 Å². The van der Waals surface area contributed by atoms with Crippen LogP contribution in [-0.4, -0.2) is 33.9 Å². The Morgan fingerprint density at radius 3 is 0.417 bits per heavy atom. The van der Waals surface area contributed by atoms with Gasteiger partial charge in [-0.1, -0.05) is 0 Å². The second-order valence-electron chi connectivity index (χ2n) is 0. The van der Waals surface area contributed by atoms with E-state index in [1.165, 1.54) is 0 Å². The van der Waals surface area contributed by atoms with Gasteiger partial charge in [-0.2, -0.15) is 0 Å². The van der Waals surface area contributed by atoms with Crippen LogP contribution in [0.25, 0.3) is 0 Å². The van der Waals surface area contributed by atoms with Crippen molar-refractivity contribution in [3.63, 3.8) is 0 Å². The zero-order valence-corrected chi connectivity index (χ0v) is 8.38. The maximum atomic E-state index is 7.50. The molecule has 0 aromatic rings. The zero-order valence-electron chi connectivity index (χ0n) is 5.45. The number of hydrogen-bond acceptors (Lipinski definition) is 5. The molecule has 0 saturated carbocycles. The molecule has 60 valence electrons. The van der Waals surface area contributed by atoms with Crippen LogP contribution < -0.4 is 0 Å². The molecule has 0 unspecified atom stereocenters. The molecule has 0 aliphatic rings. The Labute approximate surface area is 86.8 Å². The molecule has 0 fully saturated rings. The molecule has 0 heterocycles. The van der Waals surface area contributed by atoms with Crippen LogP contribution in [0, 0.1) is 7.43 Å². The molecule has 0 aromatic heterocycles. The summed E-state index contributed by atoms with van der Waals surface area (Å²) in [6.07, 6.45) is 0. The maximum Gasteiger partial charge on any atom is 0.281 e. The molecule has 0 atom stereocenters. The number of carbonyl (C=O) groups excluding carboxylic acids is 5. The summed E-state index contributed by atoms with van der Waals surface area (Å²) in [5.74, 6) is 0. The maximum absolute atomic E-state index is 7.50. The third-order valence-electron chi connectivity index (χ3n) is 0. The molecule has 0 bridgehead atoms. The quantitative estimate of drug-likeness (QED) is 0.516. The van der Waals surface area contributed by atoms with Crippen molar-refractivity contribution in [2.45, 2.75) is 0 Å². The van der Waals surface area contributed by atoms with Crippen LogP contribution in [0.15, 0.2) is 0 Å². The van der Waals surface area contributed by atoms with E-state index in [4.69, 9.17) is 24.0 Å². The van der Waals surface area contributed by atoms with Gasteiger partial charge in [0.2, 0.25) is 0 Å². The predicted octanol–water partition coefficient (Wildman–Crippen LogP) is -1.91. The first-order valence-electron chi connectivity index (χ1n) is 1.02. The van der Waals surface area contributed by atoms with Gasteiger partial charge in [0.15, 0.2) is 0 Å². The zero-order chi connectivity index (χ0) is 10.0. The minimum Gasteiger partial charge on any atom is -0.281 e. The van der Waals surface area contributed by atoms with Crippen LogP contribution in [0.3, 0.4) is 0 Å². The molecule has 5 nitrogen and oxygen atoms in total. The smallest absolute Gasteiger partial charge is 0.281 e. The topological polar surface area (TPSA) is 85.3 Å². The molecule has 0 rings (SSSR count). The second-order valence-corrected chi connectivity index (χ2v) is 0. The summed E-state index contributed by atoms with van der Waals surface area (Å²) in [7, 11) is 0. The SMILES string of the molecule is [C].[C]=O.[C]=O.[C]=O.[C]=O.[C]=O.[W]. The van der Waals surface area contributed by atoms with Crippen LogP contribution in [0.5, 0.6) is 0 Å². The summed E-state index contributed by atoms with van der Waals surface area (Å²) in [5, 5.41) is 0. The third kappa shape index (κ3) is 631. The Bertz CT molecular complexity index is 27.5. The molecule has 0 aliphatic heterocycles.